The maximum absolute atomic E-state index is 2.34. The molecule has 1 fully saturated rings. The molecule has 74 valence electrons. The molecule has 0 bridgehead atoms. The standard InChI is InChI=1S/C10H21N.FH/c1-3-8-11-9-6-5-7-10(11)4-2;/h10H,3-9H2,1-2H3;1H. The average molecular weight is 175 g/mol. The van der Waals surface area contributed by atoms with E-state index in [1.54, 1.807) is 0 Å². The molecule has 0 aromatic carbocycles. The number of halogens is 1. The van der Waals surface area contributed by atoms with Crippen molar-refractivity contribution >= 4 is 0 Å². The largest absolute Gasteiger partial charge is 1.00 e. The highest BCUT2D eigenvalue weighted by Crippen LogP contribution is 2.05. The molecule has 2 heteroatoms. The van der Waals surface area contributed by atoms with Crippen molar-refractivity contribution in [2.45, 2.75) is 52.0 Å². The minimum Gasteiger partial charge on any atom is -1.00 e. The van der Waals surface area contributed by atoms with E-state index in [2.05, 4.69) is 13.8 Å². The molecule has 1 saturated heterocycles. The van der Waals surface area contributed by atoms with Gasteiger partial charge in [0.25, 0.3) is 0 Å². The zero-order chi connectivity index (χ0) is 8.10. The fourth-order valence-electron chi connectivity index (χ4n) is 2.29. The molecule has 2 unspecified atom stereocenters. The van der Waals surface area contributed by atoms with E-state index >= 15 is 0 Å². The van der Waals surface area contributed by atoms with Crippen LogP contribution in [-0.4, -0.2) is 19.1 Å². The molecule has 1 aliphatic heterocycles. The lowest BCUT2D eigenvalue weighted by Gasteiger charge is -2.31. The first kappa shape index (κ1) is 11.9. The van der Waals surface area contributed by atoms with E-state index in [1.165, 1.54) is 45.2 Å². The molecule has 2 atom stereocenters. The van der Waals surface area contributed by atoms with E-state index < -0.39 is 0 Å². The van der Waals surface area contributed by atoms with E-state index in [0.717, 1.165) is 6.04 Å². The molecule has 12 heavy (non-hydrogen) atoms. The van der Waals surface area contributed by atoms with Gasteiger partial charge in [-0.1, -0.05) is 13.8 Å². The van der Waals surface area contributed by atoms with Crippen LogP contribution in [0.3, 0.4) is 0 Å². The number of nitrogens with one attached hydrogen (secondary N) is 1. The summed E-state index contributed by atoms with van der Waals surface area (Å²) < 4.78 is 0. The lowest BCUT2D eigenvalue weighted by Crippen LogP contribution is -3.16. The third-order valence-electron chi connectivity index (χ3n) is 2.94. The second kappa shape index (κ2) is 6.41. The van der Waals surface area contributed by atoms with E-state index in [0.29, 0.717) is 0 Å². The van der Waals surface area contributed by atoms with Gasteiger partial charge in [0, 0.05) is 0 Å². The van der Waals surface area contributed by atoms with Gasteiger partial charge in [0.05, 0.1) is 19.1 Å². The second-order valence-corrected chi connectivity index (χ2v) is 3.76. The van der Waals surface area contributed by atoms with Crippen LogP contribution in [0.15, 0.2) is 0 Å². The fourth-order valence-corrected chi connectivity index (χ4v) is 2.29. The summed E-state index contributed by atoms with van der Waals surface area (Å²) in [4.78, 5) is 1.88. The molecule has 0 spiro atoms. The molecule has 0 saturated carbocycles. The zero-order valence-electron chi connectivity index (χ0n) is 8.41. The molecule has 1 heterocycles. The normalized spacial score (nSPS) is 29.5. The Kier molecular flexibility index (Phi) is 6.35. The summed E-state index contributed by atoms with van der Waals surface area (Å²) >= 11 is 0. The molecular formula is C10H22FN. The summed E-state index contributed by atoms with van der Waals surface area (Å²) in [5, 5.41) is 0. The summed E-state index contributed by atoms with van der Waals surface area (Å²) in [5.74, 6) is 0. The van der Waals surface area contributed by atoms with Gasteiger partial charge in [-0.05, 0) is 32.1 Å². The SMILES string of the molecule is CCC[NH+]1CCCCC1CC.[F-]. The van der Waals surface area contributed by atoms with Crippen LogP contribution in [0.25, 0.3) is 0 Å². The maximum atomic E-state index is 2.34. The van der Waals surface area contributed by atoms with Crippen LogP contribution < -0.4 is 9.60 Å². The van der Waals surface area contributed by atoms with Gasteiger partial charge in [-0.2, -0.15) is 0 Å². The first-order chi connectivity index (χ1) is 5.38. The van der Waals surface area contributed by atoms with Crippen LogP contribution in [0.2, 0.25) is 0 Å². The number of piperidine rings is 1. The molecule has 0 aromatic heterocycles. The van der Waals surface area contributed by atoms with Crippen LogP contribution in [0.5, 0.6) is 0 Å². The molecule has 1 N–H and O–H groups in total. The number of hydrogen-bond acceptors (Lipinski definition) is 0. The van der Waals surface area contributed by atoms with Gasteiger partial charge in [0.1, 0.15) is 0 Å². The maximum Gasteiger partial charge on any atom is 0.0872 e. The molecule has 0 aromatic rings. The number of hydrogen-bond donors (Lipinski definition) is 1. The fraction of sp³-hybridized carbons (Fsp3) is 1.00. The Morgan fingerprint density at radius 3 is 2.58 bits per heavy atom. The first-order valence-corrected chi connectivity index (χ1v) is 5.23. The van der Waals surface area contributed by atoms with Crippen molar-refractivity contribution in [3.8, 4) is 0 Å². The van der Waals surface area contributed by atoms with E-state index in [1.807, 2.05) is 4.90 Å². The first-order valence-electron chi connectivity index (χ1n) is 5.23. The minimum absolute atomic E-state index is 0. The second-order valence-electron chi connectivity index (χ2n) is 3.76. The minimum atomic E-state index is 0. The van der Waals surface area contributed by atoms with Crippen LogP contribution in [-0.2, 0) is 0 Å². The van der Waals surface area contributed by atoms with Gasteiger partial charge in [-0.25, -0.2) is 0 Å². The highest BCUT2D eigenvalue weighted by molar-refractivity contribution is 4.58. The van der Waals surface area contributed by atoms with E-state index in [9.17, 15) is 0 Å². The van der Waals surface area contributed by atoms with Gasteiger partial charge in [-0.15, -0.1) is 0 Å². The van der Waals surface area contributed by atoms with Crippen molar-refractivity contribution in [1.82, 2.24) is 0 Å². The predicted octanol–water partition coefficient (Wildman–Crippen LogP) is -1.75. The van der Waals surface area contributed by atoms with Crippen molar-refractivity contribution in [3.05, 3.63) is 0 Å². The van der Waals surface area contributed by atoms with Gasteiger partial charge >= 0.3 is 0 Å². The molecule has 0 aliphatic carbocycles. The van der Waals surface area contributed by atoms with Crippen LogP contribution in [0.4, 0.5) is 0 Å². The van der Waals surface area contributed by atoms with Gasteiger partial charge in [-0.3, -0.25) is 0 Å². The molecule has 0 amide bonds. The molecule has 0 radical (unpaired) electrons. The van der Waals surface area contributed by atoms with Crippen molar-refractivity contribution < 1.29 is 9.60 Å². The van der Waals surface area contributed by atoms with E-state index in [-0.39, 0.29) is 4.70 Å². The van der Waals surface area contributed by atoms with Gasteiger partial charge < -0.3 is 9.60 Å². The molecule has 1 nitrogen and oxygen atoms in total. The smallest absolute Gasteiger partial charge is 0.0872 e. The average Bonchev–Trinajstić information content (AvgIpc) is 2.06. The highest BCUT2D eigenvalue weighted by Gasteiger charge is 2.22. The quantitative estimate of drug-likeness (QED) is 0.519. The Bertz CT molecular complexity index is 104. The monoisotopic (exact) mass is 175 g/mol. The summed E-state index contributed by atoms with van der Waals surface area (Å²) in [5.41, 5.74) is 0. The van der Waals surface area contributed by atoms with Gasteiger partial charge in [0.2, 0.25) is 0 Å². The third-order valence-corrected chi connectivity index (χ3v) is 2.94. The van der Waals surface area contributed by atoms with Crippen LogP contribution in [0.1, 0.15) is 46.0 Å². The number of rotatable bonds is 3. The number of quaternary nitrogens is 1. The Labute approximate surface area is 75.5 Å². The highest BCUT2D eigenvalue weighted by atomic mass is 19.0. The summed E-state index contributed by atoms with van der Waals surface area (Å²) in [6, 6.07) is 0.990. The Morgan fingerprint density at radius 1 is 1.25 bits per heavy atom. The molecule has 1 aliphatic rings. The van der Waals surface area contributed by atoms with Crippen molar-refractivity contribution in [2.24, 2.45) is 0 Å². The molecule has 1 rings (SSSR count). The van der Waals surface area contributed by atoms with Crippen molar-refractivity contribution in [1.29, 1.82) is 0 Å². The van der Waals surface area contributed by atoms with E-state index in [4.69, 9.17) is 0 Å². The summed E-state index contributed by atoms with van der Waals surface area (Å²) in [7, 11) is 0. The summed E-state index contributed by atoms with van der Waals surface area (Å²) in [6.07, 6.45) is 7.16. The third kappa shape index (κ3) is 3.10. The van der Waals surface area contributed by atoms with Crippen LogP contribution in [0, 0.1) is 0 Å². The summed E-state index contributed by atoms with van der Waals surface area (Å²) in [6.45, 7) is 7.48. The topological polar surface area (TPSA) is 4.44 Å². The van der Waals surface area contributed by atoms with Gasteiger partial charge in [0.15, 0.2) is 0 Å². The lowest BCUT2D eigenvalue weighted by molar-refractivity contribution is -0.930. The number of likely N-dealkylation sites (tertiary alicyclic amines) is 1. The van der Waals surface area contributed by atoms with Crippen LogP contribution >= 0.6 is 0 Å². The zero-order valence-corrected chi connectivity index (χ0v) is 8.41. The predicted molar refractivity (Wildman–Crippen MR) is 48.9 cm³/mol. The van der Waals surface area contributed by atoms with Crippen molar-refractivity contribution in [3.63, 3.8) is 0 Å². The Hall–Kier alpha value is -0.110. The van der Waals surface area contributed by atoms with Crippen molar-refractivity contribution in [2.75, 3.05) is 13.1 Å². The lowest BCUT2D eigenvalue weighted by atomic mass is 10.00. The molecular weight excluding hydrogens is 153 g/mol. The Morgan fingerprint density at radius 2 is 2.00 bits per heavy atom. The Balaban J connectivity index is 0.00000121.